The van der Waals surface area contributed by atoms with E-state index in [4.69, 9.17) is 4.98 Å². The van der Waals surface area contributed by atoms with E-state index in [1.165, 1.54) is 11.6 Å². The molecule has 0 spiro atoms. The summed E-state index contributed by atoms with van der Waals surface area (Å²) in [4.78, 5) is 4.76. The molecule has 2 aliphatic carbocycles. The minimum absolute atomic E-state index is 0.0978. The molecule has 1 N–H and O–H groups in total. The summed E-state index contributed by atoms with van der Waals surface area (Å²) in [7, 11) is 0. The van der Waals surface area contributed by atoms with Crippen molar-refractivity contribution in [3.63, 3.8) is 0 Å². The molecule has 0 radical (unpaired) electrons. The van der Waals surface area contributed by atoms with E-state index in [1.54, 1.807) is 6.08 Å². The highest BCUT2D eigenvalue weighted by Gasteiger charge is 2.31. The van der Waals surface area contributed by atoms with E-state index in [0.29, 0.717) is 6.08 Å². The van der Waals surface area contributed by atoms with E-state index in [-0.39, 0.29) is 17.2 Å². The first-order valence-electron chi connectivity index (χ1n) is 11.6. The van der Waals surface area contributed by atoms with Gasteiger partial charge >= 0.3 is 6.18 Å². The van der Waals surface area contributed by atoms with E-state index >= 15 is 0 Å². The number of rotatable bonds is 7. The molecule has 35 heavy (non-hydrogen) atoms. The monoisotopic (exact) mass is 482 g/mol. The Morgan fingerprint density at radius 1 is 1.20 bits per heavy atom. The Bertz CT molecular complexity index is 1170. The zero-order valence-corrected chi connectivity index (χ0v) is 19.9. The Morgan fingerprint density at radius 3 is 2.66 bits per heavy atom. The number of nitrogens with one attached hydrogen (secondary N) is 1. The van der Waals surface area contributed by atoms with Crippen LogP contribution in [0.1, 0.15) is 43.9 Å². The number of hydrogen-bond donors (Lipinski definition) is 1. The van der Waals surface area contributed by atoms with Gasteiger partial charge in [-0.2, -0.15) is 13.2 Å². The van der Waals surface area contributed by atoms with Crippen LogP contribution < -0.4 is 5.32 Å². The van der Waals surface area contributed by atoms with Gasteiger partial charge in [-0.15, -0.1) is 5.73 Å². The molecule has 0 aliphatic heterocycles. The third kappa shape index (κ3) is 6.83. The number of alkyl halides is 3. The van der Waals surface area contributed by atoms with Gasteiger partial charge in [-0.3, -0.25) is 0 Å². The van der Waals surface area contributed by atoms with Gasteiger partial charge in [0.05, 0.1) is 6.04 Å². The number of hydrogen-bond acceptors (Lipinski definition) is 2. The Morgan fingerprint density at radius 2 is 1.97 bits per heavy atom. The molecular weight excluding hydrogens is 452 g/mol. The van der Waals surface area contributed by atoms with Crippen molar-refractivity contribution in [2.24, 2.45) is 0 Å². The van der Waals surface area contributed by atoms with Crippen LogP contribution in [-0.2, 0) is 12.8 Å². The number of halogens is 4. The smallest absolute Gasteiger partial charge is 0.363 e. The zero-order chi connectivity index (χ0) is 25.6. The summed E-state index contributed by atoms with van der Waals surface area (Å²) in [5, 5.41) is 3.48. The molecule has 0 saturated heterocycles. The largest absolute Gasteiger partial charge is 0.415 e. The highest BCUT2D eigenvalue weighted by molar-refractivity contribution is 5.56. The third-order valence-electron chi connectivity index (χ3n) is 6.13. The second-order valence-corrected chi connectivity index (χ2v) is 8.80. The van der Waals surface area contributed by atoms with Gasteiger partial charge in [-0.1, -0.05) is 43.5 Å². The summed E-state index contributed by atoms with van der Waals surface area (Å²) in [6.07, 6.45) is 7.46. The van der Waals surface area contributed by atoms with Crippen LogP contribution in [0.4, 0.5) is 23.4 Å². The van der Waals surface area contributed by atoms with Gasteiger partial charge in [0.1, 0.15) is 11.6 Å². The first-order valence-corrected chi connectivity index (χ1v) is 11.6. The lowest BCUT2D eigenvalue weighted by molar-refractivity contribution is -0.0878. The molecule has 6 heteroatoms. The van der Waals surface area contributed by atoms with Crippen LogP contribution in [0.15, 0.2) is 102 Å². The van der Waals surface area contributed by atoms with Gasteiger partial charge in [-0.05, 0) is 80.9 Å². The van der Waals surface area contributed by atoms with E-state index in [9.17, 15) is 17.6 Å². The summed E-state index contributed by atoms with van der Waals surface area (Å²) >= 11 is 0. The predicted octanol–water partition coefficient (Wildman–Crippen LogP) is 8.20. The molecule has 0 amide bonds. The fourth-order valence-electron chi connectivity index (χ4n) is 4.30. The van der Waals surface area contributed by atoms with Crippen molar-refractivity contribution >= 4 is 5.82 Å². The minimum Gasteiger partial charge on any atom is -0.363 e. The van der Waals surface area contributed by atoms with Crippen molar-refractivity contribution in [3.05, 3.63) is 113 Å². The second-order valence-electron chi connectivity index (χ2n) is 8.80. The molecule has 1 atom stereocenters. The lowest BCUT2D eigenvalue weighted by Crippen LogP contribution is -2.22. The molecule has 2 aliphatic rings. The van der Waals surface area contributed by atoms with E-state index in [2.05, 4.69) is 36.9 Å². The number of fused-ring (bicyclic) bond motifs is 1. The highest BCUT2D eigenvalue weighted by atomic mass is 19.4. The van der Waals surface area contributed by atoms with Crippen LogP contribution >= 0.6 is 0 Å². The SMILES string of the molecule is C=C=C(/C=C1\C=C(C)CCC[C@@H]1Nc1ccc2c(n1)CCC2)C(=C/C(=C)C(F)(F)F)/C(F)=C\C=C. The maximum absolute atomic E-state index is 14.9. The zero-order valence-electron chi connectivity index (χ0n) is 19.9. The Hall–Kier alpha value is -3.37. The lowest BCUT2D eigenvalue weighted by atomic mass is 9.95. The average molecular weight is 483 g/mol. The number of aryl methyl sites for hydroxylation is 2. The molecule has 0 aromatic carbocycles. The van der Waals surface area contributed by atoms with Crippen LogP contribution in [0.2, 0.25) is 0 Å². The molecule has 0 bridgehead atoms. The average Bonchev–Trinajstić information content (AvgIpc) is 3.20. The molecule has 0 fully saturated rings. The van der Waals surface area contributed by atoms with Crippen molar-refractivity contribution in [2.75, 3.05) is 5.32 Å². The van der Waals surface area contributed by atoms with E-state index < -0.39 is 17.6 Å². The van der Waals surface area contributed by atoms with Crippen LogP contribution in [0.3, 0.4) is 0 Å². The Labute approximate surface area is 204 Å². The lowest BCUT2D eigenvalue weighted by Gasteiger charge is -2.21. The number of aromatic nitrogens is 1. The quantitative estimate of drug-likeness (QED) is 0.241. The maximum Gasteiger partial charge on any atom is 0.415 e. The van der Waals surface area contributed by atoms with Gasteiger partial charge in [0.2, 0.25) is 0 Å². The van der Waals surface area contributed by atoms with Crippen molar-refractivity contribution in [2.45, 2.75) is 57.7 Å². The third-order valence-corrected chi connectivity index (χ3v) is 6.13. The summed E-state index contributed by atoms with van der Waals surface area (Å²) in [6.45, 7) is 12.1. The van der Waals surface area contributed by atoms with Crippen molar-refractivity contribution in [1.82, 2.24) is 4.98 Å². The molecule has 1 aromatic heterocycles. The molecule has 3 rings (SSSR count). The fraction of sp³-hybridized carbons (Fsp3) is 0.310. The Balaban J connectivity index is 2.03. The number of nitrogens with zero attached hydrogens (tertiary/aromatic N) is 1. The summed E-state index contributed by atoms with van der Waals surface area (Å²) in [6, 6.07) is 3.88. The van der Waals surface area contributed by atoms with Gasteiger partial charge in [0.15, 0.2) is 0 Å². The molecule has 1 aromatic rings. The van der Waals surface area contributed by atoms with Gasteiger partial charge in [0, 0.05) is 22.4 Å². The first-order chi connectivity index (χ1) is 16.6. The molecule has 1 heterocycles. The van der Waals surface area contributed by atoms with Crippen LogP contribution in [0.25, 0.3) is 0 Å². The second kappa shape index (κ2) is 11.4. The van der Waals surface area contributed by atoms with Crippen LogP contribution in [-0.4, -0.2) is 17.2 Å². The normalized spacial score (nSPS) is 20.0. The predicted molar refractivity (Wildman–Crippen MR) is 135 cm³/mol. The summed E-state index contributed by atoms with van der Waals surface area (Å²) < 4.78 is 54.5. The topological polar surface area (TPSA) is 24.9 Å². The number of allylic oxidation sites excluding steroid dienone is 9. The van der Waals surface area contributed by atoms with Crippen LogP contribution in [0, 0.1) is 0 Å². The number of anilines is 1. The molecule has 0 unspecified atom stereocenters. The minimum atomic E-state index is -4.69. The molecule has 0 saturated carbocycles. The Kier molecular flexibility index (Phi) is 8.52. The fourth-order valence-corrected chi connectivity index (χ4v) is 4.30. The molecule has 184 valence electrons. The van der Waals surface area contributed by atoms with Gasteiger partial charge < -0.3 is 5.32 Å². The van der Waals surface area contributed by atoms with Gasteiger partial charge in [-0.25, -0.2) is 9.37 Å². The van der Waals surface area contributed by atoms with E-state index in [1.807, 2.05) is 19.1 Å². The van der Waals surface area contributed by atoms with E-state index in [0.717, 1.165) is 67.3 Å². The van der Waals surface area contributed by atoms with Crippen LogP contribution in [0.5, 0.6) is 0 Å². The maximum atomic E-state index is 14.9. The number of pyridine rings is 1. The molecule has 2 nitrogen and oxygen atoms in total. The summed E-state index contributed by atoms with van der Waals surface area (Å²) in [5.41, 5.74) is 5.53. The van der Waals surface area contributed by atoms with Gasteiger partial charge in [0.25, 0.3) is 0 Å². The highest BCUT2D eigenvalue weighted by Crippen LogP contribution is 2.33. The van der Waals surface area contributed by atoms with Crippen molar-refractivity contribution < 1.29 is 17.6 Å². The molecular formula is C29H30F4N2. The summed E-state index contributed by atoms with van der Waals surface area (Å²) in [5.74, 6) is -0.134. The standard InChI is InChI=1S/C29H30F4N2/c1-5-9-25(30)24(17-20(4)29(31,32)33)21(6-2)18-23-16-19(3)10-7-12-27(23)35-28-15-14-22-11-8-13-26(22)34-28/h5,9,14-18,27H,1-2,4,7-8,10-13H2,3H3,(H,34,35)/b23-18+,24-17-,25-9+/t27-/m0/s1. The van der Waals surface area contributed by atoms with Crippen molar-refractivity contribution in [1.29, 1.82) is 0 Å². The first kappa shape index (κ1) is 26.2. The van der Waals surface area contributed by atoms with Crippen molar-refractivity contribution in [3.8, 4) is 0 Å².